The van der Waals surface area contributed by atoms with Gasteiger partial charge in [-0.2, -0.15) is 5.26 Å². The molecule has 2 N–H and O–H groups in total. The number of nitrogens with zero attached hydrogens (tertiary/aromatic N) is 1. The van der Waals surface area contributed by atoms with Crippen LogP contribution in [0.15, 0.2) is 36.5 Å². The molecule has 1 aromatic heterocycles. The molecule has 0 amide bonds. The molecule has 0 fully saturated rings. The Kier molecular flexibility index (Phi) is 2.57. The van der Waals surface area contributed by atoms with E-state index in [0.29, 0.717) is 11.3 Å². The molecule has 5 rings (SSSR count). The normalized spacial score (nSPS) is 19.3. The highest BCUT2D eigenvalue weighted by atomic mass is 16.5. The second kappa shape index (κ2) is 4.65. The highest BCUT2D eigenvalue weighted by Crippen LogP contribution is 2.37. The fourth-order valence-corrected chi connectivity index (χ4v) is 4.00. The zero-order valence-electron chi connectivity index (χ0n) is 13.2. The van der Waals surface area contributed by atoms with Gasteiger partial charge in [0, 0.05) is 16.0 Å². The molecule has 0 bridgehead atoms. The third-order valence-electron chi connectivity index (χ3n) is 4.99. The zero-order valence-corrected chi connectivity index (χ0v) is 13.2. The molecular weight excluding hydrogens is 298 g/mol. The lowest BCUT2D eigenvalue weighted by atomic mass is 9.97. The van der Waals surface area contributed by atoms with Gasteiger partial charge in [-0.3, -0.25) is 0 Å². The Labute approximate surface area is 138 Å². The van der Waals surface area contributed by atoms with Gasteiger partial charge in [0.25, 0.3) is 0 Å². The summed E-state index contributed by atoms with van der Waals surface area (Å²) >= 11 is 0. The smallest absolute Gasteiger partial charge is 0.147 e. The number of benzene rings is 1. The molecule has 1 atom stereocenters. The standard InChI is InChI=1S/C20H15N3O/c1-24-20-13(10-21)16-11-6-2-4-8-14(11)22-18(16)19-17(20)12-7-3-5-9-15(12)23-19/h2-6,8-9,14,22-23H,7H2,1H3. The van der Waals surface area contributed by atoms with E-state index in [-0.39, 0.29) is 6.04 Å². The van der Waals surface area contributed by atoms with Crippen molar-refractivity contribution in [2.24, 2.45) is 0 Å². The zero-order chi connectivity index (χ0) is 16.3. The number of allylic oxidation sites excluding steroid dienone is 4. The maximum absolute atomic E-state index is 9.86. The Morgan fingerprint density at radius 1 is 1.29 bits per heavy atom. The fraction of sp³-hybridized carbons (Fsp3) is 0.150. The van der Waals surface area contributed by atoms with E-state index in [4.69, 9.17) is 4.74 Å². The Morgan fingerprint density at radius 3 is 3.04 bits per heavy atom. The molecule has 0 saturated carbocycles. The van der Waals surface area contributed by atoms with Gasteiger partial charge >= 0.3 is 0 Å². The van der Waals surface area contributed by atoms with Gasteiger partial charge in [0.1, 0.15) is 17.4 Å². The Morgan fingerprint density at radius 2 is 2.21 bits per heavy atom. The van der Waals surface area contributed by atoms with Crippen LogP contribution in [0.3, 0.4) is 0 Å². The van der Waals surface area contributed by atoms with Crippen molar-refractivity contribution in [2.75, 3.05) is 12.4 Å². The lowest BCUT2D eigenvalue weighted by molar-refractivity contribution is 0.418. The molecule has 24 heavy (non-hydrogen) atoms. The van der Waals surface area contributed by atoms with E-state index >= 15 is 0 Å². The van der Waals surface area contributed by atoms with E-state index in [0.717, 1.165) is 39.2 Å². The van der Waals surface area contributed by atoms with Crippen molar-refractivity contribution in [1.82, 2.24) is 4.98 Å². The highest BCUT2D eigenvalue weighted by molar-refractivity contribution is 6.04. The molecule has 2 aliphatic carbocycles. The Hall–Kier alpha value is -3.19. The summed E-state index contributed by atoms with van der Waals surface area (Å²) in [5.41, 5.74) is 4.95. The summed E-state index contributed by atoms with van der Waals surface area (Å²) in [7, 11) is 1.64. The molecule has 3 aliphatic rings. The average Bonchev–Trinajstić information content (AvgIpc) is 3.19. The van der Waals surface area contributed by atoms with Crippen LogP contribution in [0.5, 0.6) is 5.75 Å². The van der Waals surface area contributed by atoms with E-state index in [2.05, 4.69) is 46.8 Å². The lowest BCUT2D eigenvalue weighted by Gasteiger charge is -2.12. The number of fused-ring (bicyclic) bond motifs is 6. The number of nitriles is 1. The third kappa shape index (κ3) is 1.51. The van der Waals surface area contributed by atoms with Gasteiger partial charge in [-0.1, -0.05) is 36.5 Å². The van der Waals surface area contributed by atoms with Crippen molar-refractivity contribution in [3.8, 4) is 11.8 Å². The first kappa shape index (κ1) is 13.3. The number of anilines is 1. The van der Waals surface area contributed by atoms with Crippen molar-refractivity contribution < 1.29 is 4.74 Å². The van der Waals surface area contributed by atoms with Crippen LogP contribution in [-0.4, -0.2) is 18.1 Å². The van der Waals surface area contributed by atoms with Crippen LogP contribution >= 0.6 is 0 Å². The minimum atomic E-state index is 0.106. The van der Waals surface area contributed by atoms with Crippen LogP contribution in [0.4, 0.5) is 5.69 Å². The second-order valence-electron chi connectivity index (χ2n) is 6.16. The number of H-pyrrole nitrogens is 1. The van der Waals surface area contributed by atoms with Crippen LogP contribution < -0.4 is 20.6 Å². The number of nitrogens with one attached hydrogen (secondary N) is 2. The maximum Gasteiger partial charge on any atom is 0.147 e. The molecule has 116 valence electrons. The number of aromatic nitrogens is 1. The van der Waals surface area contributed by atoms with E-state index < -0.39 is 0 Å². The number of hydrogen-bond donors (Lipinski definition) is 2. The summed E-state index contributed by atoms with van der Waals surface area (Å²) in [6, 6.07) is 2.49. The first-order chi connectivity index (χ1) is 11.8. The Balaban J connectivity index is 2.03. The molecule has 2 aromatic rings. The predicted octanol–water partition coefficient (Wildman–Crippen LogP) is 2.01. The van der Waals surface area contributed by atoms with Crippen molar-refractivity contribution in [3.63, 3.8) is 0 Å². The quantitative estimate of drug-likeness (QED) is 0.847. The summed E-state index contributed by atoms with van der Waals surface area (Å²) in [4.78, 5) is 3.53. The molecule has 2 heterocycles. The largest absolute Gasteiger partial charge is 0.495 e. The van der Waals surface area contributed by atoms with E-state index in [1.54, 1.807) is 7.11 Å². The van der Waals surface area contributed by atoms with Gasteiger partial charge in [0.2, 0.25) is 0 Å². The molecule has 0 spiro atoms. The van der Waals surface area contributed by atoms with Crippen LogP contribution in [-0.2, 0) is 6.42 Å². The minimum absolute atomic E-state index is 0.106. The average molecular weight is 313 g/mol. The summed E-state index contributed by atoms with van der Waals surface area (Å²) in [5.74, 6) is 0.672. The van der Waals surface area contributed by atoms with Crippen molar-refractivity contribution in [3.05, 3.63) is 58.2 Å². The predicted molar refractivity (Wildman–Crippen MR) is 95.2 cm³/mol. The molecular formula is C20H15N3O. The number of methoxy groups -OCH3 is 1. The lowest BCUT2D eigenvalue weighted by Crippen LogP contribution is -2.14. The van der Waals surface area contributed by atoms with E-state index in [1.165, 1.54) is 5.56 Å². The van der Waals surface area contributed by atoms with Crippen LogP contribution in [0.25, 0.3) is 22.6 Å². The molecule has 0 saturated heterocycles. The number of rotatable bonds is 1. The van der Waals surface area contributed by atoms with Crippen molar-refractivity contribution >= 4 is 28.2 Å². The van der Waals surface area contributed by atoms with Crippen molar-refractivity contribution in [2.45, 2.75) is 12.5 Å². The van der Waals surface area contributed by atoms with Crippen LogP contribution in [0.1, 0.15) is 11.1 Å². The summed E-state index contributed by atoms with van der Waals surface area (Å²) in [6.45, 7) is 0. The molecule has 0 radical (unpaired) electrons. The molecule has 1 aromatic carbocycles. The number of hydrogen-bond acceptors (Lipinski definition) is 3. The van der Waals surface area contributed by atoms with Gasteiger partial charge in [-0.15, -0.1) is 0 Å². The van der Waals surface area contributed by atoms with Crippen LogP contribution in [0, 0.1) is 11.3 Å². The van der Waals surface area contributed by atoms with Gasteiger partial charge in [0.15, 0.2) is 0 Å². The third-order valence-corrected chi connectivity index (χ3v) is 4.99. The first-order valence-electron chi connectivity index (χ1n) is 8.00. The topological polar surface area (TPSA) is 60.8 Å². The monoisotopic (exact) mass is 313 g/mol. The second-order valence-corrected chi connectivity index (χ2v) is 6.16. The van der Waals surface area contributed by atoms with E-state index in [1.807, 2.05) is 12.2 Å². The van der Waals surface area contributed by atoms with Crippen LogP contribution in [0.2, 0.25) is 0 Å². The molecule has 1 unspecified atom stereocenters. The number of ether oxygens (including phenoxy) is 1. The molecule has 1 aliphatic heterocycles. The van der Waals surface area contributed by atoms with E-state index in [9.17, 15) is 5.26 Å². The van der Waals surface area contributed by atoms with Crippen molar-refractivity contribution in [1.29, 1.82) is 5.26 Å². The number of aromatic amines is 1. The summed E-state index contributed by atoms with van der Waals surface area (Å²) in [6.07, 6.45) is 15.3. The Bertz CT molecular complexity index is 1150. The minimum Gasteiger partial charge on any atom is -0.495 e. The molecule has 4 heteroatoms. The van der Waals surface area contributed by atoms with Gasteiger partial charge in [0.05, 0.1) is 24.4 Å². The highest BCUT2D eigenvalue weighted by Gasteiger charge is 2.29. The summed E-state index contributed by atoms with van der Waals surface area (Å²) in [5, 5.41) is 16.5. The fourth-order valence-electron chi connectivity index (χ4n) is 4.00. The van der Waals surface area contributed by atoms with Gasteiger partial charge < -0.3 is 15.0 Å². The van der Waals surface area contributed by atoms with Gasteiger partial charge in [-0.05, 0) is 23.6 Å². The van der Waals surface area contributed by atoms with Gasteiger partial charge in [-0.25, -0.2) is 0 Å². The SMILES string of the molecule is COc1c(C#N)c2c(c3[nH]c4c(c13)CC=CC=4)NC1C=CC=CC=21. The molecule has 4 nitrogen and oxygen atoms in total. The first-order valence-corrected chi connectivity index (χ1v) is 8.00. The summed E-state index contributed by atoms with van der Waals surface area (Å²) < 4.78 is 5.72. The maximum atomic E-state index is 9.86.